The summed E-state index contributed by atoms with van der Waals surface area (Å²) in [4.78, 5) is 33.8. The van der Waals surface area contributed by atoms with E-state index in [0.717, 1.165) is 12.8 Å². The van der Waals surface area contributed by atoms with Crippen molar-refractivity contribution in [2.24, 2.45) is 5.14 Å². The molecule has 188 valence electrons. The minimum atomic E-state index is -3.87. The fourth-order valence-electron chi connectivity index (χ4n) is 4.35. The van der Waals surface area contributed by atoms with Gasteiger partial charge in [-0.1, -0.05) is 37.6 Å². The normalized spacial score (nSPS) is 11.7. The van der Waals surface area contributed by atoms with Crippen molar-refractivity contribution in [2.45, 2.75) is 24.7 Å². The van der Waals surface area contributed by atoms with Gasteiger partial charge in [-0.15, -0.1) is 0 Å². The van der Waals surface area contributed by atoms with Gasteiger partial charge in [-0.25, -0.2) is 23.3 Å². The lowest BCUT2D eigenvalue weighted by Crippen LogP contribution is -2.28. The molecular weight excluding hydrogens is 490 g/mol. The van der Waals surface area contributed by atoms with Gasteiger partial charge in [-0.05, 0) is 42.3 Å². The number of sulfonamides is 1. The van der Waals surface area contributed by atoms with E-state index in [0.29, 0.717) is 50.7 Å². The SMILES string of the molecule is CCCCNC(=O)n1ccc2c(C(=O)c3c[nH]c4ncc(-c5cccc(S(N)(=O)=O)c5)cc34)cccc21. The van der Waals surface area contributed by atoms with Crippen molar-refractivity contribution in [3.8, 4) is 11.1 Å². The van der Waals surface area contributed by atoms with Crippen molar-refractivity contribution in [1.29, 1.82) is 0 Å². The molecule has 37 heavy (non-hydrogen) atoms. The molecular formula is C27H25N5O4S. The Morgan fingerprint density at radius 2 is 1.84 bits per heavy atom. The zero-order valence-corrected chi connectivity index (χ0v) is 20.9. The largest absolute Gasteiger partial charge is 0.345 e. The number of aromatic nitrogens is 3. The van der Waals surface area contributed by atoms with Gasteiger partial charge < -0.3 is 10.3 Å². The van der Waals surface area contributed by atoms with Crippen LogP contribution in [0.5, 0.6) is 0 Å². The third-order valence-corrected chi connectivity index (χ3v) is 7.19. The number of pyridine rings is 1. The fourth-order valence-corrected chi connectivity index (χ4v) is 4.91. The average molecular weight is 516 g/mol. The second kappa shape index (κ2) is 9.64. The van der Waals surface area contributed by atoms with Crippen LogP contribution in [-0.4, -0.2) is 41.3 Å². The van der Waals surface area contributed by atoms with E-state index in [9.17, 15) is 18.0 Å². The number of H-pyrrole nitrogens is 1. The highest BCUT2D eigenvalue weighted by Gasteiger charge is 2.20. The van der Waals surface area contributed by atoms with E-state index >= 15 is 0 Å². The smallest absolute Gasteiger partial charge is 0.326 e. The molecule has 2 aromatic carbocycles. The van der Waals surface area contributed by atoms with Gasteiger partial charge in [0.05, 0.1) is 10.4 Å². The van der Waals surface area contributed by atoms with Crippen LogP contribution in [0.15, 0.2) is 78.1 Å². The summed E-state index contributed by atoms with van der Waals surface area (Å²) < 4.78 is 25.1. The zero-order valence-electron chi connectivity index (χ0n) is 20.1. The van der Waals surface area contributed by atoms with Crippen LogP contribution in [0.25, 0.3) is 33.1 Å². The first-order valence-electron chi connectivity index (χ1n) is 11.8. The molecule has 3 heterocycles. The highest BCUT2D eigenvalue weighted by Crippen LogP contribution is 2.29. The maximum atomic E-state index is 13.7. The van der Waals surface area contributed by atoms with Gasteiger partial charge in [-0.3, -0.25) is 9.36 Å². The minimum absolute atomic E-state index is 0.00890. The number of fused-ring (bicyclic) bond motifs is 2. The summed E-state index contributed by atoms with van der Waals surface area (Å²) in [7, 11) is -3.87. The Kier molecular flexibility index (Phi) is 6.36. The number of hydrogen-bond donors (Lipinski definition) is 3. The van der Waals surface area contributed by atoms with Crippen molar-refractivity contribution in [3.05, 3.63) is 84.3 Å². The summed E-state index contributed by atoms with van der Waals surface area (Å²) in [5.74, 6) is -0.224. The van der Waals surface area contributed by atoms with Crippen LogP contribution in [0.4, 0.5) is 4.79 Å². The van der Waals surface area contributed by atoms with Crippen LogP contribution in [0, 0.1) is 0 Å². The number of unbranched alkanes of at least 4 members (excludes halogenated alkanes) is 1. The molecule has 0 radical (unpaired) electrons. The molecule has 1 amide bonds. The Hall–Kier alpha value is -4.28. The number of benzene rings is 2. The van der Waals surface area contributed by atoms with Crippen LogP contribution in [0.1, 0.15) is 35.7 Å². The molecule has 3 aromatic heterocycles. The van der Waals surface area contributed by atoms with Crippen LogP contribution in [0.2, 0.25) is 0 Å². The molecule has 0 unspecified atom stereocenters. The predicted molar refractivity (Wildman–Crippen MR) is 142 cm³/mol. The molecule has 0 aliphatic heterocycles. The van der Waals surface area contributed by atoms with E-state index in [2.05, 4.69) is 22.2 Å². The fraction of sp³-hybridized carbons (Fsp3) is 0.148. The number of aromatic amines is 1. The maximum Gasteiger partial charge on any atom is 0.326 e. The number of nitrogens with zero attached hydrogens (tertiary/aromatic N) is 2. The molecule has 4 N–H and O–H groups in total. The van der Waals surface area contributed by atoms with Gasteiger partial charge >= 0.3 is 6.03 Å². The van der Waals surface area contributed by atoms with Gasteiger partial charge in [0, 0.05) is 52.6 Å². The number of nitrogens with two attached hydrogens (primary N) is 1. The summed E-state index contributed by atoms with van der Waals surface area (Å²) in [5, 5.41) is 9.44. The number of ketones is 1. The predicted octanol–water partition coefficient (Wildman–Crippen LogP) is 4.42. The second-order valence-corrected chi connectivity index (χ2v) is 10.3. The van der Waals surface area contributed by atoms with Crippen molar-refractivity contribution in [1.82, 2.24) is 19.9 Å². The number of carbonyl (C=O) groups is 2. The standard InChI is InChI=1S/C27H25N5O4S/c1-2-3-11-29-27(34)32-12-10-20-21(8-5-9-24(20)32)25(33)23-16-31-26-22(23)14-18(15-30-26)17-6-4-7-19(13-17)37(28,35)36/h4-10,12-16H,2-3,11H2,1H3,(H,29,34)(H,30,31)(H2,28,35,36). The van der Waals surface area contributed by atoms with Gasteiger partial charge in [0.15, 0.2) is 5.78 Å². The van der Waals surface area contributed by atoms with Gasteiger partial charge in [0.25, 0.3) is 0 Å². The first kappa shape index (κ1) is 24.4. The third-order valence-electron chi connectivity index (χ3n) is 6.27. The third kappa shape index (κ3) is 4.64. The molecule has 0 spiro atoms. The average Bonchev–Trinajstić information content (AvgIpc) is 3.52. The molecule has 0 fully saturated rings. The van der Waals surface area contributed by atoms with Gasteiger partial charge in [0.2, 0.25) is 10.0 Å². The van der Waals surface area contributed by atoms with E-state index in [4.69, 9.17) is 5.14 Å². The van der Waals surface area contributed by atoms with Gasteiger partial charge in [-0.2, -0.15) is 0 Å². The van der Waals surface area contributed by atoms with E-state index in [-0.39, 0.29) is 16.7 Å². The van der Waals surface area contributed by atoms with Crippen LogP contribution < -0.4 is 10.5 Å². The van der Waals surface area contributed by atoms with E-state index < -0.39 is 10.0 Å². The zero-order chi connectivity index (χ0) is 26.2. The van der Waals surface area contributed by atoms with Crippen molar-refractivity contribution in [2.75, 3.05) is 6.54 Å². The summed E-state index contributed by atoms with van der Waals surface area (Å²) in [5.41, 5.74) is 3.28. The molecule has 5 aromatic rings. The lowest BCUT2D eigenvalue weighted by atomic mass is 9.99. The number of carbonyl (C=O) groups excluding carboxylic acids is 2. The molecule has 0 bridgehead atoms. The van der Waals surface area contributed by atoms with Crippen LogP contribution in [0.3, 0.4) is 0 Å². The number of rotatable bonds is 7. The van der Waals surface area contributed by atoms with Crippen molar-refractivity contribution < 1.29 is 18.0 Å². The molecule has 9 nitrogen and oxygen atoms in total. The maximum absolute atomic E-state index is 13.7. The Labute approximate surface area is 213 Å². The molecule has 0 saturated carbocycles. The van der Waals surface area contributed by atoms with Crippen molar-refractivity contribution in [3.63, 3.8) is 0 Å². The van der Waals surface area contributed by atoms with E-state index in [1.54, 1.807) is 61.1 Å². The quantitative estimate of drug-likeness (QED) is 0.217. The first-order valence-corrected chi connectivity index (χ1v) is 13.4. The lowest BCUT2D eigenvalue weighted by molar-refractivity contribution is 0.104. The second-order valence-electron chi connectivity index (χ2n) is 8.73. The van der Waals surface area contributed by atoms with Crippen LogP contribution >= 0.6 is 0 Å². The summed E-state index contributed by atoms with van der Waals surface area (Å²) in [6.45, 7) is 2.64. The molecule has 0 aliphatic carbocycles. The molecule has 5 rings (SSSR count). The number of primary sulfonamides is 1. The highest BCUT2D eigenvalue weighted by molar-refractivity contribution is 7.89. The molecule has 0 aliphatic rings. The summed E-state index contributed by atoms with van der Waals surface area (Å²) in [6.07, 6.45) is 6.74. The lowest BCUT2D eigenvalue weighted by Gasteiger charge is -2.08. The number of nitrogens with one attached hydrogen (secondary N) is 2. The Balaban J connectivity index is 1.53. The Morgan fingerprint density at radius 3 is 2.62 bits per heavy atom. The first-order chi connectivity index (χ1) is 17.8. The topological polar surface area (TPSA) is 140 Å². The Morgan fingerprint density at radius 1 is 1.03 bits per heavy atom. The number of hydrogen-bond acceptors (Lipinski definition) is 5. The number of amides is 1. The molecule has 0 atom stereocenters. The minimum Gasteiger partial charge on any atom is -0.345 e. The van der Waals surface area contributed by atoms with E-state index in [1.165, 1.54) is 16.7 Å². The molecule has 0 saturated heterocycles. The summed E-state index contributed by atoms with van der Waals surface area (Å²) in [6, 6.07) is 14.9. The Bertz CT molecular complexity index is 1770. The van der Waals surface area contributed by atoms with Crippen LogP contribution in [-0.2, 0) is 10.0 Å². The van der Waals surface area contributed by atoms with E-state index in [1.807, 2.05) is 0 Å². The summed E-state index contributed by atoms with van der Waals surface area (Å²) >= 11 is 0. The molecule has 10 heteroatoms. The monoisotopic (exact) mass is 515 g/mol. The van der Waals surface area contributed by atoms with Crippen molar-refractivity contribution >= 4 is 43.8 Å². The highest BCUT2D eigenvalue weighted by atomic mass is 32.2. The van der Waals surface area contributed by atoms with Gasteiger partial charge in [0.1, 0.15) is 5.65 Å².